The van der Waals surface area contributed by atoms with Gasteiger partial charge in [-0.3, -0.25) is 9.80 Å². The Kier molecular flexibility index (Phi) is 4.57. The third-order valence-electron chi connectivity index (χ3n) is 4.56. The number of rotatable bonds is 3. The summed E-state index contributed by atoms with van der Waals surface area (Å²) in [5.41, 5.74) is 1.36. The number of fused-ring (bicyclic) bond motifs is 1. The van der Waals surface area contributed by atoms with Crippen molar-refractivity contribution in [3.63, 3.8) is 0 Å². The van der Waals surface area contributed by atoms with Crippen LogP contribution in [0.25, 0.3) is 11.0 Å². The molecule has 2 aromatic rings. The van der Waals surface area contributed by atoms with Crippen molar-refractivity contribution in [1.29, 1.82) is 0 Å². The van der Waals surface area contributed by atoms with Crippen molar-refractivity contribution in [3.8, 4) is 0 Å². The van der Waals surface area contributed by atoms with Crippen molar-refractivity contribution < 1.29 is 0 Å². The molecule has 3 rings (SSSR count). The molecule has 4 nitrogen and oxygen atoms in total. The highest BCUT2D eigenvalue weighted by Crippen LogP contribution is 2.18. The van der Waals surface area contributed by atoms with Crippen LogP contribution in [0.4, 0.5) is 0 Å². The third kappa shape index (κ3) is 3.53. The smallest absolute Gasteiger partial charge is 0.141 e. The summed E-state index contributed by atoms with van der Waals surface area (Å²) in [6.07, 6.45) is 2.15. The second-order valence-corrected chi connectivity index (χ2v) is 7.87. The number of piperazine rings is 1. The van der Waals surface area contributed by atoms with Crippen LogP contribution in [-0.2, 0) is 6.54 Å². The summed E-state index contributed by atoms with van der Waals surface area (Å²) in [5.74, 6) is 0. The van der Waals surface area contributed by atoms with Crippen LogP contribution in [0.5, 0.6) is 0 Å². The number of hydrogen-bond acceptors (Lipinski definition) is 3. The fraction of sp³-hybridized carbons (Fsp3) is 0.588. The van der Waals surface area contributed by atoms with Crippen LogP contribution >= 0.6 is 15.9 Å². The maximum absolute atomic E-state index is 4.60. The molecule has 5 heteroatoms. The largest absolute Gasteiger partial charge is 0.331 e. The van der Waals surface area contributed by atoms with Gasteiger partial charge < -0.3 is 4.57 Å². The van der Waals surface area contributed by atoms with Crippen LogP contribution in [0.15, 0.2) is 29.0 Å². The molecule has 22 heavy (non-hydrogen) atoms. The lowest BCUT2D eigenvalue weighted by Crippen LogP contribution is -2.53. The van der Waals surface area contributed by atoms with Gasteiger partial charge in [-0.15, -0.1) is 0 Å². The summed E-state index contributed by atoms with van der Waals surface area (Å²) in [5, 5.41) is 1.21. The van der Waals surface area contributed by atoms with Gasteiger partial charge in [-0.1, -0.05) is 0 Å². The topological polar surface area (TPSA) is 24.3 Å². The summed E-state index contributed by atoms with van der Waals surface area (Å²) in [7, 11) is 0. The summed E-state index contributed by atoms with van der Waals surface area (Å²) in [6.45, 7) is 13.7. The Morgan fingerprint density at radius 1 is 1.05 bits per heavy atom. The lowest BCUT2D eigenvalue weighted by atomic mass is 10.1. The first kappa shape index (κ1) is 16.0. The Hall–Kier alpha value is -0.910. The van der Waals surface area contributed by atoms with Gasteiger partial charge in [0.25, 0.3) is 0 Å². The first-order valence-corrected chi connectivity index (χ1v) is 8.81. The van der Waals surface area contributed by atoms with Gasteiger partial charge in [-0.25, -0.2) is 4.98 Å². The zero-order valence-electron chi connectivity index (χ0n) is 13.7. The molecule has 1 aliphatic rings. The minimum Gasteiger partial charge on any atom is -0.331 e. The zero-order valence-corrected chi connectivity index (χ0v) is 15.3. The average molecular weight is 365 g/mol. The Morgan fingerprint density at radius 2 is 1.77 bits per heavy atom. The van der Waals surface area contributed by atoms with E-state index in [4.69, 9.17) is 0 Å². The van der Waals surface area contributed by atoms with E-state index < -0.39 is 0 Å². The van der Waals surface area contributed by atoms with Crippen LogP contribution in [0.1, 0.15) is 20.8 Å². The molecule has 0 saturated carbocycles. The minimum atomic E-state index is 0.291. The van der Waals surface area contributed by atoms with Crippen molar-refractivity contribution in [3.05, 3.63) is 29.0 Å². The molecule has 3 heterocycles. The maximum Gasteiger partial charge on any atom is 0.141 e. The number of halogens is 1. The molecule has 1 saturated heterocycles. The molecule has 0 spiro atoms. The Labute approximate surface area is 141 Å². The zero-order chi connectivity index (χ0) is 15.7. The van der Waals surface area contributed by atoms with Gasteiger partial charge in [0, 0.05) is 56.4 Å². The summed E-state index contributed by atoms with van der Waals surface area (Å²) < 4.78 is 3.16. The molecule has 0 aliphatic carbocycles. The predicted molar refractivity (Wildman–Crippen MR) is 95.2 cm³/mol. The van der Waals surface area contributed by atoms with Gasteiger partial charge in [0.05, 0.1) is 0 Å². The van der Waals surface area contributed by atoms with Crippen LogP contribution in [0, 0.1) is 0 Å². The summed E-state index contributed by atoms with van der Waals surface area (Å²) >= 11 is 3.46. The van der Waals surface area contributed by atoms with Gasteiger partial charge in [-0.05, 0) is 54.9 Å². The average Bonchev–Trinajstić information content (AvgIpc) is 2.87. The van der Waals surface area contributed by atoms with Crippen molar-refractivity contribution in [2.75, 3.05) is 32.7 Å². The Bertz CT molecular complexity index is 636. The molecule has 0 aromatic carbocycles. The van der Waals surface area contributed by atoms with E-state index in [2.05, 4.69) is 74.4 Å². The standard InChI is InChI=1S/C17H25BrN4/c1-17(2,3)22-12-9-20(10-13-22)8-11-21-7-6-14-4-5-15(18)19-16(14)21/h4-7H,8-13H2,1-3H3. The molecular weight excluding hydrogens is 340 g/mol. The first-order valence-electron chi connectivity index (χ1n) is 8.02. The molecule has 0 amide bonds. The molecule has 0 N–H and O–H groups in total. The van der Waals surface area contributed by atoms with Crippen LogP contribution in [0.3, 0.4) is 0 Å². The van der Waals surface area contributed by atoms with E-state index in [1.165, 1.54) is 18.5 Å². The van der Waals surface area contributed by atoms with E-state index in [-0.39, 0.29) is 0 Å². The quantitative estimate of drug-likeness (QED) is 0.781. The molecule has 1 fully saturated rings. The minimum absolute atomic E-state index is 0.291. The van der Waals surface area contributed by atoms with Crippen LogP contribution < -0.4 is 0 Å². The molecule has 0 bridgehead atoms. The Balaban J connectivity index is 1.58. The van der Waals surface area contributed by atoms with Gasteiger partial charge >= 0.3 is 0 Å². The van der Waals surface area contributed by atoms with E-state index >= 15 is 0 Å². The van der Waals surface area contributed by atoms with Crippen molar-refractivity contribution in [1.82, 2.24) is 19.4 Å². The number of aromatic nitrogens is 2. The molecule has 0 atom stereocenters. The van der Waals surface area contributed by atoms with Gasteiger partial charge in [0.15, 0.2) is 0 Å². The van der Waals surface area contributed by atoms with Gasteiger partial charge in [0.2, 0.25) is 0 Å². The fourth-order valence-corrected chi connectivity index (χ4v) is 3.41. The molecule has 0 unspecified atom stereocenters. The molecule has 120 valence electrons. The lowest BCUT2D eigenvalue weighted by molar-refractivity contribution is 0.0610. The van der Waals surface area contributed by atoms with Crippen molar-refractivity contribution in [2.24, 2.45) is 0 Å². The highest BCUT2D eigenvalue weighted by Gasteiger charge is 2.25. The van der Waals surface area contributed by atoms with E-state index in [0.717, 1.165) is 36.4 Å². The fourth-order valence-electron chi connectivity index (χ4n) is 3.11. The van der Waals surface area contributed by atoms with Crippen LogP contribution in [-0.4, -0.2) is 57.6 Å². The highest BCUT2D eigenvalue weighted by molar-refractivity contribution is 9.10. The second kappa shape index (κ2) is 6.30. The monoisotopic (exact) mass is 364 g/mol. The molecule has 2 aromatic heterocycles. The van der Waals surface area contributed by atoms with E-state index in [9.17, 15) is 0 Å². The SMILES string of the molecule is CC(C)(C)N1CCN(CCn2ccc3ccc(Br)nc32)CC1. The predicted octanol–water partition coefficient (Wildman–Crippen LogP) is 3.21. The highest BCUT2D eigenvalue weighted by atomic mass is 79.9. The van der Waals surface area contributed by atoms with E-state index in [0.29, 0.717) is 5.54 Å². The van der Waals surface area contributed by atoms with Crippen molar-refractivity contribution >= 4 is 27.0 Å². The first-order chi connectivity index (χ1) is 10.4. The molecule has 1 aliphatic heterocycles. The van der Waals surface area contributed by atoms with Gasteiger partial charge in [-0.2, -0.15) is 0 Å². The summed E-state index contributed by atoms with van der Waals surface area (Å²) in [6, 6.07) is 6.26. The van der Waals surface area contributed by atoms with Crippen LogP contribution in [0.2, 0.25) is 0 Å². The molecule has 0 radical (unpaired) electrons. The number of hydrogen-bond donors (Lipinski definition) is 0. The van der Waals surface area contributed by atoms with E-state index in [1.807, 2.05) is 6.07 Å². The second-order valence-electron chi connectivity index (χ2n) is 7.06. The van der Waals surface area contributed by atoms with Gasteiger partial charge in [0.1, 0.15) is 10.3 Å². The maximum atomic E-state index is 4.60. The number of pyridine rings is 1. The normalized spacial score (nSPS) is 18.2. The Morgan fingerprint density at radius 3 is 2.45 bits per heavy atom. The lowest BCUT2D eigenvalue weighted by Gasteiger charge is -2.42. The van der Waals surface area contributed by atoms with E-state index in [1.54, 1.807) is 0 Å². The van der Waals surface area contributed by atoms with Crippen molar-refractivity contribution in [2.45, 2.75) is 32.9 Å². The third-order valence-corrected chi connectivity index (χ3v) is 5.00. The molecular formula is C17H25BrN4. The summed E-state index contributed by atoms with van der Waals surface area (Å²) in [4.78, 5) is 9.73. The number of nitrogens with zero attached hydrogens (tertiary/aromatic N) is 4.